The normalized spacial score (nSPS) is 12.1. The van der Waals surface area contributed by atoms with E-state index in [-0.39, 0.29) is 11.6 Å². The number of tetrazole rings is 1. The van der Waals surface area contributed by atoms with E-state index in [0.717, 1.165) is 0 Å². The zero-order chi connectivity index (χ0) is 15.5. The minimum atomic E-state index is -0.523. The van der Waals surface area contributed by atoms with Crippen molar-refractivity contribution in [1.82, 2.24) is 24.8 Å². The Morgan fingerprint density at radius 3 is 2.77 bits per heavy atom. The molecule has 0 saturated carbocycles. The number of aromatic nitrogens is 5. The van der Waals surface area contributed by atoms with Crippen molar-refractivity contribution in [3.63, 3.8) is 0 Å². The summed E-state index contributed by atoms with van der Waals surface area (Å²) < 4.78 is 17.0. The van der Waals surface area contributed by atoms with Crippen molar-refractivity contribution in [2.45, 2.75) is 13.0 Å². The van der Waals surface area contributed by atoms with E-state index in [0.29, 0.717) is 5.69 Å². The van der Waals surface area contributed by atoms with Gasteiger partial charge in [-0.05, 0) is 47.7 Å². The fraction of sp³-hybridized carbons (Fsp3) is 0.143. The van der Waals surface area contributed by atoms with Crippen LogP contribution in [0.5, 0.6) is 0 Å². The quantitative estimate of drug-likeness (QED) is 0.797. The van der Waals surface area contributed by atoms with Crippen LogP contribution < -0.4 is 5.32 Å². The molecule has 0 bridgehead atoms. The van der Waals surface area contributed by atoms with E-state index < -0.39 is 11.9 Å². The average molecular weight is 300 g/mol. The van der Waals surface area contributed by atoms with Gasteiger partial charge in [-0.2, -0.15) is 0 Å². The predicted molar refractivity (Wildman–Crippen MR) is 76.9 cm³/mol. The highest BCUT2D eigenvalue weighted by Crippen LogP contribution is 2.20. The lowest BCUT2D eigenvalue weighted by molar-refractivity contribution is -0.118. The summed E-state index contributed by atoms with van der Waals surface area (Å²) in [6, 6.07) is 7.45. The molecule has 1 atom stereocenters. The average Bonchev–Trinajstić information content (AvgIpc) is 3.22. The van der Waals surface area contributed by atoms with Crippen molar-refractivity contribution in [1.29, 1.82) is 0 Å². The van der Waals surface area contributed by atoms with E-state index in [1.807, 2.05) is 12.1 Å². The molecule has 1 amide bonds. The lowest BCUT2D eigenvalue weighted by Gasteiger charge is -2.14. The molecular weight excluding hydrogens is 287 g/mol. The van der Waals surface area contributed by atoms with Gasteiger partial charge in [0.05, 0.1) is 11.4 Å². The lowest BCUT2D eigenvalue weighted by Crippen LogP contribution is -2.23. The van der Waals surface area contributed by atoms with E-state index in [2.05, 4.69) is 20.8 Å². The molecule has 2 aromatic heterocycles. The summed E-state index contributed by atoms with van der Waals surface area (Å²) in [5.74, 6) is -0.839. The van der Waals surface area contributed by atoms with Crippen molar-refractivity contribution in [2.24, 2.45) is 0 Å². The number of amides is 1. The van der Waals surface area contributed by atoms with Gasteiger partial charge in [0.2, 0.25) is 5.91 Å². The SMILES string of the molecule is C[C@@H](C(=O)Nc1cc(-n2cnnn2)ccc1F)n1cccc1. The van der Waals surface area contributed by atoms with Gasteiger partial charge in [-0.3, -0.25) is 4.79 Å². The molecule has 112 valence electrons. The Hall–Kier alpha value is -3.03. The van der Waals surface area contributed by atoms with E-state index in [1.54, 1.807) is 23.9 Å². The van der Waals surface area contributed by atoms with Gasteiger partial charge in [0, 0.05) is 12.4 Å². The van der Waals surface area contributed by atoms with Crippen molar-refractivity contribution >= 4 is 11.6 Å². The summed E-state index contributed by atoms with van der Waals surface area (Å²) in [4.78, 5) is 12.2. The van der Waals surface area contributed by atoms with Gasteiger partial charge < -0.3 is 9.88 Å². The Kier molecular flexibility index (Phi) is 3.65. The van der Waals surface area contributed by atoms with Gasteiger partial charge >= 0.3 is 0 Å². The minimum absolute atomic E-state index is 0.0806. The molecule has 0 unspecified atom stereocenters. The molecule has 1 N–H and O–H groups in total. The number of nitrogens with one attached hydrogen (secondary N) is 1. The van der Waals surface area contributed by atoms with Crippen molar-refractivity contribution < 1.29 is 9.18 Å². The predicted octanol–water partition coefficient (Wildman–Crippen LogP) is 1.80. The summed E-state index contributed by atoms with van der Waals surface area (Å²) >= 11 is 0. The second-order valence-electron chi connectivity index (χ2n) is 4.71. The van der Waals surface area contributed by atoms with Crippen LogP contribution in [0.2, 0.25) is 0 Å². The standard InChI is InChI=1S/C14H13FN6O/c1-10(20-6-2-3-7-20)14(22)17-13-8-11(4-5-12(13)15)21-9-16-18-19-21/h2-10H,1H3,(H,17,22)/t10-/m0/s1. The molecule has 0 saturated heterocycles. The maximum absolute atomic E-state index is 13.9. The maximum Gasteiger partial charge on any atom is 0.247 e. The second-order valence-corrected chi connectivity index (χ2v) is 4.71. The third kappa shape index (κ3) is 2.71. The Morgan fingerprint density at radius 1 is 1.32 bits per heavy atom. The van der Waals surface area contributed by atoms with E-state index >= 15 is 0 Å². The molecule has 7 nitrogen and oxygen atoms in total. The summed E-state index contributed by atoms with van der Waals surface area (Å²) in [7, 11) is 0. The van der Waals surface area contributed by atoms with Crippen molar-refractivity contribution in [3.05, 3.63) is 54.9 Å². The largest absolute Gasteiger partial charge is 0.342 e. The zero-order valence-corrected chi connectivity index (χ0v) is 11.7. The molecule has 0 spiro atoms. The topological polar surface area (TPSA) is 77.6 Å². The van der Waals surface area contributed by atoms with Crippen LogP contribution >= 0.6 is 0 Å². The molecule has 22 heavy (non-hydrogen) atoms. The number of rotatable bonds is 4. The third-order valence-electron chi connectivity index (χ3n) is 3.28. The number of benzene rings is 1. The lowest BCUT2D eigenvalue weighted by atomic mass is 10.2. The number of anilines is 1. The first-order valence-electron chi connectivity index (χ1n) is 6.61. The van der Waals surface area contributed by atoms with Crippen LogP contribution in [0, 0.1) is 5.82 Å². The van der Waals surface area contributed by atoms with E-state index in [9.17, 15) is 9.18 Å². The fourth-order valence-electron chi connectivity index (χ4n) is 2.01. The van der Waals surface area contributed by atoms with Crippen LogP contribution in [0.4, 0.5) is 10.1 Å². The zero-order valence-electron chi connectivity index (χ0n) is 11.7. The van der Waals surface area contributed by atoms with Gasteiger partial charge in [-0.1, -0.05) is 0 Å². The molecule has 0 aliphatic rings. The van der Waals surface area contributed by atoms with Gasteiger partial charge in [0.25, 0.3) is 0 Å². The van der Waals surface area contributed by atoms with E-state index in [1.165, 1.54) is 29.2 Å². The van der Waals surface area contributed by atoms with Crippen LogP contribution in [0.25, 0.3) is 5.69 Å². The molecule has 0 radical (unpaired) electrons. The molecule has 8 heteroatoms. The number of nitrogens with zero attached hydrogens (tertiary/aromatic N) is 5. The fourth-order valence-corrected chi connectivity index (χ4v) is 2.01. The maximum atomic E-state index is 13.9. The van der Waals surface area contributed by atoms with Crippen molar-refractivity contribution in [2.75, 3.05) is 5.32 Å². The minimum Gasteiger partial charge on any atom is -0.342 e. The molecule has 0 aliphatic heterocycles. The Morgan fingerprint density at radius 2 is 2.09 bits per heavy atom. The number of hydrogen-bond donors (Lipinski definition) is 1. The first kappa shape index (κ1) is 13.9. The number of hydrogen-bond acceptors (Lipinski definition) is 4. The van der Waals surface area contributed by atoms with Gasteiger partial charge in [0.15, 0.2) is 0 Å². The van der Waals surface area contributed by atoms with E-state index in [4.69, 9.17) is 0 Å². The summed E-state index contributed by atoms with van der Waals surface area (Å²) in [6.45, 7) is 1.73. The van der Waals surface area contributed by atoms with Crippen LogP contribution in [0.15, 0.2) is 49.1 Å². The van der Waals surface area contributed by atoms with Crippen LogP contribution in [-0.4, -0.2) is 30.7 Å². The molecule has 1 aromatic carbocycles. The highest BCUT2D eigenvalue weighted by Gasteiger charge is 2.16. The highest BCUT2D eigenvalue weighted by molar-refractivity contribution is 5.93. The molecule has 3 aromatic rings. The Bertz CT molecular complexity index is 769. The first-order valence-corrected chi connectivity index (χ1v) is 6.61. The Balaban J connectivity index is 1.82. The highest BCUT2D eigenvalue weighted by atomic mass is 19.1. The number of carbonyl (C=O) groups excluding carboxylic acids is 1. The van der Waals surface area contributed by atoms with Crippen molar-refractivity contribution in [3.8, 4) is 5.69 Å². The third-order valence-corrected chi connectivity index (χ3v) is 3.28. The molecule has 2 heterocycles. The summed E-state index contributed by atoms with van der Waals surface area (Å²) in [5, 5.41) is 13.4. The molecule has 3 rings (SSSR count). The summed E-state index contributed by atoms with van der Waals surface area (Å²) in [6.07, 6.45) is 4.94. The van der Waals surface area contributed by atoms with Gasteiger partial charge in [-0.25, -0.2) is 9.07 Å². The second kappa shape index (κ2) is 5.76. The smallest absolute Gasteiger partial charge is 0.247 e. The molecule has 0 aliphatic carbocycles. The summed E-state index contributed by atoms with van der Waals surface area (Å²) in [5.41, 5.74) is 0.632. The number of halogens is 1. The molecule has 0 fully saturated rings. The van der Waals surface area contributed by atoms with Gasteiger partial charge in [-0.15, -0.1) is 5.10 Å². The number of carbonyl (C=O) groups is 1. The van der Waals surface area contributed by atoms with Crippen LogP contribution in [0.1, 0.15) is 13.0 Å². The molecular formula is C14H13FN6O. The van der Waals surface area contributed by atoms with Crippen LogP contribution in [0.3, 0.4) is 0 Å². The van der Waals surface area contributed by atoms with Crippen LogP contribution in [-0.2, 0) is 4.79 Å². The first-order chi connectivity index (χ1) is 10.6. The Labute approximate surface area is 125 Å². The monoisotopic (exact) mass is 300 g/mol. The van der Waals surface area contributed by atoms with Gasteiger partial charge in [0.1, 0.15) is 18.2 Å².